The van der Waals surface area contributed by atoms with E-state index < -0.39 is 53.1 Å². The highest BCUT2D eigenvalue weighted by molar-refractivity contribution is 5.85. The molecule has 0 saturated carbocycles. The van der Waals surface area contributed by atoms with Crippen molar-refractivity contribution in [2.75, 3.05) is 34.4 Å². The number of H-pyrrole nitrogens is 1. The van der Waals surface area contributed by atoms with Crippen molar-refractivity contribution in [3.05, 3.63) is 128 Å². The van der Waals surface area contributed by atoms with E-state index in [-0.39, 0.29) is 38.0 Å². The number of primary amides is 1. The number of amides is 2. The Morgan fingerprint density at radius 2 is 1.48 bits per heavy atom. The Labute approximate surface area is 300 Å². The third-order valence-corrected chi connectivity index (χ3v) is 8.92. The molecular formula is C38H42N4O10. The Bertz CT molecular complexity index is 1930. The molecule has 3 aromatic carbocycles. The van der Waals surface area contributed by atoms with Crippen molar-refractivity contribution in [3.8, 4) is 11.5 Å². The van der Waals surface area contributed by atoms with Gasteiger partial charge in [-0.05, 0) is 47.9 Å². The summed E-state index contributed by atoms with van der Waals surface area (Å²) in [5.74, 6) is -0.535. The lowest BCUT2D eigenvalue weighted by Gasteiger charge is -2.37. The molecule has 1 saturated heterocycles. The molecule has 14 heteroatoms. The highest BCUT2D eigenvalue weighted by Crippen LogP contribution is 2.43. The average molecular weight is 715 g/mol. The molecule has 1 aliphatic rings. The molecule has 274 valence electrons. The fourth-order valence-electron chi connectivity index (χ4n) is 6.18. The summed E-state index contributed by atoms with van der Waals surface area (Å²) in [6, 6.07) is 24.5. The smallest absolute Gasteiger partial charge is 0.330 e. The van der Waals surface area contributed by atoms with E-state index >= 15 is 0 Å². The van der Waals surface area contributed by atoms with Crippen LogP contribution in [0.1, 0.15) is 47.7 Å². The summed E-state index contributed by atoms with van der Waals surface area (Å²) in [5.41, 5.74) is 5.36. The summed E-state index contributed by atoms with van der Waals surface area (Å²) in [6.07, 6.45) is -1.80. The molecule has 0 unspecified atom stereocenters. The third-order valence-electron chi connectivity index (χ3n) is 8.92. The van der Waals surface area contributed by atoms with Crippen LogP contribution in [0.3, 0.4) is 0 Å². The molecule has 0 radical (unpaired) electrons. The molecule has 3 N–H and O–H groups in total. The maximum atomic E-state index is 13.2. The predicted octanol–water partition coefficient (Wildman–Crippen LogP) is 2.79. The number of benzene rings is 3. The van der Waals surface area contributed by atoms with Crippen LogP contribution in [0.25, 0.3) is 0 Å². The number of rotatable bonds is 15. The number of esters is 1. The summed E-state index contributed by atoms with van der Waals surface area (Å²) in [7, 11) is 4.58. The SMILES string of the molecule is COc1ccc(C(OC[C@H]2O[C@@H](n3cc(C)c(=O)[nH]c3=O)C[C@@H]2OC(=O)CCC(=O)N(C)CC(N)=O)(c2ccccc2)c2ccc(OC)cc2)cc1. The summed E-state index contributed by atoms with van der Waals surface area (Å²) in [4.78, 5) is 65.4. The first kappa shape index (κ1) is 37.5. The van der Waals surface area contributed by atoms with E-state index in [1.165, 1.54) is 17.8 Å². The van der Waals surface area contributed by atoms with Crippen LogP contribution >= 0.6 is 0 Å². The summed E-state index contributed by atoms with van der Waals surface area (Å²) in [6.45, 7) is 1.15. The topological polar surface area (TPSA) is 181 Å². The maximum absolute atomic E-state index is 13.2. The largest absolute Gasteiger partial charge is 0.497 e. The van der Waals surface area contributed by atoms with Crippen molar-refractivity contribution >= 4 is 17.8 Å². The number of likely N-dealkylation sites (N-methyl/N-ethyl adjacent to an activating group) is 1. The number of hydrogen-bond donors (Lipinski definition) is 2. The summed E-state index contributed by atoms with van der Waals surface area (Å²) >= 11 is 0. The molecule has 0 bridgehead atoms. The van der Waals surface area contributed by atoms with Crippen molar-refractivity contribution in [3.63, 3.8) is 0 Å². The Balaban J connectivity index is 1.50. The lowest BCUT2D eigenvalue weighted by atomic mass is 9.80. The Hall–Kier alpha value is -5.73. The van der Waals surface area contributed by atoms with Gasteiger partial charge in [-0.15, -0.1) is 0 Å². The molecular weight excluding hydrogens is 672 g/mol. The second kappa shape index (κ2) is 16.5. The van der Waals surface area contributed by atoms with Crippen LogP contribution in [0.5, 0.6) is 11.5 Å². The van der Waals surface area contributed by atoms with Gasteiger partial charge in [0.25, 0.3) is 5.56 Å². The minimum Gasteiger partial charge on any atom is -0.497 e. The number of nitrogens with zero attached hydrogens (tertiary/aromatic N) is 2. The van der Waals surface area contributed by atoms with Crippen LogP contribution < -0.4 is 26.5 Å². The molecule has 0 spiro atoms. The van der Waals surface area contributed by atoms with Gasteiger partial charge in [0.05, 0.1) is 33.8 Å². The molecule has 1 aliphatic heterocycles. The summed E-state index contributed by atoms with van der Waals surface area (Å²) in [5, 5.41) is 0. The summed E-state index contributed by atoms with van der Waals surface area (Å²) < 4.78 is 31.4. The van der Waals surface area contributed by atoms with Crippen LogP contribution in [0.4, 0.5) is 0 Å². The zero-order chi connectivity index (χ0) is 37.4. The molecule has 4 aromatic rings. The molecule has 2 amide bonds. The molecule has 3 atom stereocenters. The third kappa shape index (κ3) is 8.41. The van der Waals surface area contributed by atoms with Gasteiger partial charge in [-0.3, -0.25) is 28.7 Å². The van der Waals surface area contributed by atoms with Crippen LogP contribution in [0.2, 0.25) is 0 Å². The second-order valence-electron chi connectivity index (χ2n) is 12.4. The first-order valence-corrected chi connectivity index (χ1v) is 16.6. The minimum atomic E-state index is -1.22. The quantitative estimate of drug-likeness (QED) is 0.137. The minimum absolute atomic E-state index is 0.0457. The molecule has 2 heterocycles. The fourth-order valence-corrected chi connectivity index (χ4v) is 6.18. The zero-order valence-electron chi connectivity index (χ0n) is 29.4. The number of methoxy groups -OCH3 is 2. The standard InChI is InChI=1S/C38H42N4O10/c1-24-21-42(37(47)40-36(24)46)34-20-30(52-35(45)19-18-33(44)41(2)22-32(39)43)31(51-34)23-50-38(25-8-6-5-7-9-25,26-10-14-28(48-3)15-11-26)27-12-16-29(49-4)17-13-27/h5-17,21,30-31,34H,18-20,22-23H2,1-4H3,(H2,39,43)(H,40,46,47)/t30-,31+,34+/m0/s1. The number of carbonyl (C=O) groups is 3. The van der Waals surface area contributed by atoms with E-state index in [4.69, 9.17) is 29.4 Å². The van der Waals surface area contributed by atoms with Gasteiger partial charge in [0.2, 0.25) is 11.8 Å². The average Bonchev–Trinajstić information content (AvgIpc) is 3.54. The first-order valence-electron chi connectivity index (χ1n) is 16.6. The normalized spacial score (nSPS) is 17.0. The van der Waals surface area contributed by atoms with Gasteiger partial charge in [0.1, 0.15) is 35.5 Å². The van der Waals surface area contributed by atoms with Crippen LogP contribution in [0.15, 0.2) is 94.6 Å². The monoisotopic (exact) mass is 714 g/mol. The van der Waals surface area contributed by atoms with Gasteiger partial charge in [-0.2, -0.15) is 0 Å². The van der Waals surface area contributed by atoms with Gasteiger partial charge >= 0.3 is 11.7 Å². The zero-order valence-corrected chi connectivity index (χ0v) is 29.4. The van der Waals surface area contributed by atoms with Crippen molar-refractivity contribution in [2.45, 2.75) is 50.2 Å². The van der Waals surface area contributed by atoms with Gasteiger partial charge in [-0.25, -0.2) is 4.79 Å². The van der Waals surface area contributed by atoms with Crippen molar-refractivity contribution in [2.24, 2.45) is 5.73 Å². The predicted molar refractivity (Wildman–Crippen MR) is 189 cm³/mol. The Morgan fingerprint density at radius 1 is 0.904 bits per heavy atom. The molecule has 1 fully saturated rings. The molecule has 52 heavy (non-hydrogen) atoms. The number of hydrogen-bond acceptors (Lipinski definition) is 10. The number of nitrogens with two attached hydrogens (primary N) is 1. The number of aryl methyl sites for hydroxylation is 1. The number of aromatic amines is 1. The van der Waals surface area contributed by atoms with E-state index in [0.717, 1.165) is 21.6 Å². The lowest BCUT2D eigenvalue weighted by Crippen LogP contribution is -2.39. The number of aromatic nitrogens is 2. The van der Waals surface area contributed by atoms with Gasteiger partial charge < -0.3 is 34.3 Å². The highest BCUT2D eigenvalue weighted by Gasteiger charge is 2.44. The van der Waals surface area contributed by atoms with Gasteiger partial charge in [0.15, 0.2) is 0 Å². The van der Waals surface area contributed by atoms with Gasteiger partial charge in [-0.1, -0.05) is 54.6 Å². The second-order valence-corrected chi connectivity index (χ2v) is 12.4. The lowest BCUT2D eigenvalue weighted by molar-refractivity contribution is -0.157. The molecule has 5 rings (SSSR count). The van der Waals surface area contributed by atoms with E-state index in [1.54, 1.807) is 21.1 Å². The molecule has 0 aliphatic carbocycles. The van der Waals surface area contributed by atoms with Crippen molar-refractivity contribution < 1.29 is 38.1 Å². The number of carbonyl (C=O) groups excluding carboxylic acids is 3. The van der Waals surface area contributed by atoms with Crippen molar-refractivity contribution in [1.29, 1.82) is 0 Å². The van der Waals surface area contributed by atoms with E-state index in [0.29, 0.717) is 11.5 Å². The van der Waals surface area contributed by atoms with Crippen LogP contribution in [0, 0.1) is 6.92 Å². The van der Waals surface area contributed by atoms with E-state index in [2.05, 4.69) is 4.98 Å². The Kier molecular flexibility index (Phi) is 11.9. The molecule has 14 nitrogen and oxygen atoms in total. The fraction of sp³-hybridized carbons (Fsp3) is 0.342. The highest BCUT2D eigenvalue weighted by atomic mass is 16.6. The van der Waals surface area contributed by atoms with Crippen molar-refractivity contribution in [1.82, 2.24) is 14.5 Å². The van der Waals surface area contributed by atoms with Crippen LogP contribution in [-0.4, -0.2) is 78.9 Å². The number of ether oxygens (including phenoxy) is 5. The van der Waals surface area contributed by atoms with E-state index in [1.807, 2.05) is 78.9 Å². The van der Waals surface area contributed by atoms with E-state index in [9.17, 15) is 24.0 Å². The van der Waals surface area contributed by atoms with Gasteiger partial charge in [0, 0.05) is 31.6 Å². The number of nitrogens with one attached hydrogen (secondary N) is 1. The molecule has 1 aromatic heterocycles. The maximum Gasteiger partial charge on any atom is 0.330 e. The first-order chi connectivity index (χ1) is 24.9. The van der Waals surface area contributed by atoms with Crippen LogP contribution in [-0.2, 0) is 34.2 Å². The Morgan fingerprint density at radius 3 is 2.04 bits per heavy atom.